The van der Waals surface area contributed by atoms with Crippen LogP contribution < -0.4 is 5.32 Å². The molecular formula is C13H11N3O10. The highest BCUT2D eigenvalue weighted by Gasteiger charge is 2.29. The van der Waals surface area contributed by atoms with E-state index in [2.05, 4.69) is 14.8 Å². The van der Waals surface area contributed by atoms with Crippen molar-refractivity contribution in [2.24, 2.45) is 0 Å². The first-order valence-corrected chi connectivity index (χ1v) is 6.47. The van der Waals surface area contributed by atoms with Crippen LogP contribution >= 0.6 is 0 Å². The molecule has 0 bridgehead atoms. The van der Waals surface area contributed by atoms with Crippen molar-refractivity contribution < 1.29 is 38.8 Å². The third kappa shape index (κ3) is 4.50. The Morgan fingerprint density at radius 3 is 2.15 bits per heavy atom. The zero-order valence-electron chi connectivity index (χ0n) is 13.2. The Kier molecular flexibility index (Phi) is 6.30. The number of ether oxygens (including phenoxy) is 2. The molecule has 0 saturated heterocycles. The minimum absolute atomic E-state index is 0.502. The molecular weight excluding hydrogens is 358 g/mol. The van der Waals surface area contributed by atoms with E-state index in [4.69, 9.17) is 0 Å². The van der Waals surface area contributed by atoms with Gasteiger partial charge in [-0.3, -0.25) is 20.2 Å². The van der Waals surface area contributed by atoms with Crippen LogP contribution in [0.25, 0.3) is 0 Å². The van der Waals surface area contributed by atoms with Gasteiger partial charge in [0, 0.05) is 6.07 Å². The fraction of sp³-hybridized carbons (Fsp3) is 0.154. The molecule has 0 aliphatic carbocycles. The van der Waals surface area contributed by atoms with Crippen molar-refractivity contribution in [2.75, 3.05) is 19.5 Å². The summed E-state index contributed by atoms with van der Waals surface area (Å²) in [4.78, 5) is 54.3. The Bertz CT molecular complexity index is 794. The molecule has 0 aliphatic rings. The molecule has 0 aliphatic heterocycles. The summed E-state index contributed by atoms with van der Waals surface area (Å²) in [5.74, 6) is -3.96. The molecule has 13 nitrogen and oxygen atoms in total. The minimum Gasteiger partial charge on any atom is -0.478 e. The van der Waals surface area contributed by atoms with Gasteiger partial charge in [-0.15, -0.1) is 0 Å². The molecule has 26 heavy (non-hydrogen) atoms. The van der Waals surface area contributed by atoms with Crippen LogP contribution in [0.15, 0.2) is 23.9 Å². The van der Waals surface area contributed by atoms with Crippen molar-refractivity contribution in [3.8, 4) is 0 Å². The number of carbonyl (C=O) groups excluding carboxylic acids is 2. The number of methoxy groups -OCH3 is 2. The molecule has 0 aromatic heterocycles. The van der Waals surface area contributed by atoms with Gasteiger partial charge in [-0.05, 0) is 0 Å². The summed E-state index contributed by atoms with van der Waals surface area (Å²) in [7, 11) is 1.93. The number of nitro benzene ring substituents is 2. The molecule has 1 rings (SSSR count). The predicted octanol–water partition coefficient (Wildman–Crippen LogP) is 0.843. The first kappa shape index (κ1) is 20.0. The number of hydrogen-bond donors (Lipinski definition) is 2. The van der Waals surface area contributed by atoms with Gasteiger partial charge in [0.2, 0.25) is 0 Å². The molecule has 0 heterocycles. The number of nitrogens with one attached hydrogen (secondary N) is 1. The fourth-order valence-corrected chi connectivity index (χ4v) is 1.73. The summed E-state index contributed by atoms with van der Waals surface area (Å²) >= 11 is 0. The number of nitro groups is 2. The maximum atomic E-state index is 11.7. The van der Waals surface area contributed by atoms with Gasteiger partial charge in [0.25, 0.3) is 11.4 Å². The highest BCUT2D eigenvalue weighted by atomic mass is 16.6. The molecule has 1 aromatic carbocycles. The molecule has 0 atom stereocenters. The van der Waals surface area contributed by atoms with Gasteiger partial charge >= 0.3 is 17.9 Å². The van der Waals surface area contributed by atoms with Crippen molar-refractivity contribution in [3.63, 3.8) is 0 Å². The van der Waals surface area contributed by atoms with Crippen LogP contribution in [0.1, 0.15) is 10.4 Å². The zero-order chi connectivity index (χ0) is 20.0. The predicted molar refractivity (Wildman–Crippen MR) is 82.4 cm³/mol. The Hall–Kier alpha value is -4.03. The average Bonchev–Trinajstić information content (AvgIpc) is 2.59. The molecule has 138 valence electrons. The first-order chi connectivity index (χ1) is 12.1. The second kappa shape index (κ2) is 8.18. The molecule has 0 fully saturated rings. The van der Waals surface area contributed by atoms with E-state index < -0.39 is 56.1 Å². The lowest BCUT2D eigenvalue weighted by Gasteiger charge is -2.12. The van der Waals surface area contributed by atoms with Crippen molar-refractivity contribution >= 4 is 35.0 Å². The van der Waals surface area contributed by atoms with Gasteiger partial charge < -0.3 is 19.9 Å². The molecule has 2 N–H and O–H groups in total. The topological polar surface area (TPSA) is 188 Å². The fourth-order valence-electron chi connectivity index (χ4n) is 1.73. The average molecular weight is 369 g/mol. The minimum atomic E-state index is -1.75. The number of hydrogen-bond acceptors (Lipinski definition) is 10. The Morgan fingerprint density at radius 1 is 1.12 bits per heavy atom. The van der Waals surface area contributed by atoms with Crippen LogP contribution in [-0.4, -0.2) is 47.1 Å². The van der Waals surface area contributed by atoms with Crippen molar-refractivity contribution in [3.05, 3.63) is 49.7 Å². The summed E-state index contributed by atoms with van der Waals surface area (Å²) in [6, 6.07) is 1.06. The Morgan fingerprint density at radius 2 is 1.73 bits per heavy atom. The van der Waals surface area contributed by atoms with Crippen molar-refractivity contribution in [1.29, 1.82) is 0 Å². The molecule has 0 amide bonds. The lowest BCUT2D eigenvalue weighted by Crippen LogP contribution is -2.18. The van der Waals surface area contributed by atoms with E-state index in [1.807, 2.05) is 0 Å². The van der Waals surface area contributed by atoms with Gasteiger partial charge in [0.15, 0.2) is 0 Å². The summed E-state index contributed by atoms with van der Waals surface area (Å²) in [5.41, 5.74) is -4.16. The summed E-state index contributed by atoms with van der Waals surface area (Å²) in [6.45, 7) is 0. The third-order valence-corrected chi connectivity index (χ3v) is 2.87. The van der Waals surface area contributed by atoms with Crippen molar-refractivity contribution in [1.82, 2.24) is 0 Å². The summed E-state index contributed by atoms with van der Waals surface area (Å²) < 4.78 is 8.71. The van der Waals surface area contributed by atoms with Crippen LogP contribution in [-0.2, 0) is 19.1 Å². The number of esters is 2. The number of benzene rings is 1. The van der Waals surface area contributed by atoms with Crippen LogP contribution in [0.3, 0.4) is 0 Å². The Balaban J connectivity index is 3.67. The first-order valence-electron chi connectivity index (χ1n) is 6.47. The van der Waals surface area contributed by atoms with E-state index in [0.29, 0.717) is 18.2 Å². The van der Waals surface area contributed by atoms with Crippen LogP contribution in [0.5, 0.6) is 0 Å². The number of rotatable bonds is 7. The van der Waals surface area contributed by atoms with Crippen LogP contribution in [0.2, 0.25) is 0 Å². The highest BCUT2D eigenvalue weighted by molar-refractivity contribution is 6.03. The van der Waals surface area contributed by atoms with Crippen LogP contribution in [0, 0.1) is 20.2 Å². The SMILES string of the molecule is COC(=O)/C=C(/Nc1c(C(=O)O)cc([N+](=O)[O-])cc1[N+](=O)[O-])C(=O)OC. The van der Waals surface area contributed by atoms with E-state index in [1.54, 1.807) is 0 Å². The summed E-state index contributed by atoms with van der Waals surface area (Å²) in [6.07, 6.45) is 0.572. The van der Waals surface area contributed by atoms with Gasteiger partial charge in [0.1, 0.15) is 11.4 Å². The highest BCUT2D eigenvalue weighted by Crippen LogP contribution is 2.34. The molecule has 13 heteroatoms. The maximum Gasteiger partial charge on any atom is 0.354 e. The number of nitrogens with zero attached hydrogens (tertiary/aromatic N) is 2. The standard InChI is InChI=1S/C13H11N3O10/c1-25-10(17)5-8(13(20)26-2)14-11-7(12(18)19)3-6(15(21)22)4-9(11)16(23)24/h3-5,14H,1-2H3,(H,18,19)/b8-5+. The molecule has 0 spiro atoms. The molecule has 0 radical (unpaired) electrons. The number of carboxylic acid groups (broad SMARTS) is 1. The van der Waals surface area contributed by atoms with Crippen molar-refractivity contribution in [2.45, 2.75) is 0 Å². The number of carboxylic acids is 1. The Labute approximate surface area is 144 Å². The van der Waals surface area contributed by atoms with E-state index in [1.165, 1.54) is 0 Å². The van der Waals surface area contributed by atoms with Gasteiger partial charge in [0.05, 0.1) is 41.8 Å². The van der Waals surface area contributed by atoms with E-state index >= 15 is 0 Å². The zero-order valence-corrected chi connectivity index (χ0v) is 13.2. The number of anilines is 1. The summed E-state index contributed by atoms with van der Waals surface area (Å²) in [5, 5.41) is 33.3. The second-order valence-corrected chi connectivity index (χ2v) is 4.40. The number of non-ortho nitro benzene ring substituents is 1. The van der Waals surface area contributed by atoms with Gasteiger partial charge in [-0.25, -0.2) is 14.4 Å². The second-order valence-electron chi connectivity index (χ2n) is 4.40. The van der Waals surface area contributed by atoms with Gasteiger partial charge in [-0.2, -0.15) is 0 Å². The molecule has 0 unspecified atom stereocenters. The lowest BCUT2D eigenvalue weighted by atomic mass is 10.1. The monoisotopic (exact) mass is 369 g/mol. The van der Waals surface area contributed by atoms with Crippen LogP contribution in [0.4, 0.5) is 17.1 Å². The quantitative estimate of drug-likeness (QED) is 0.300. The maximum absolute atomic E-state index is 11.7. The van der Waals surface area contributed by atoms with Gasteiger partial charge in [-0.1, -0.05) is 0 Å². The third-order valence-electron chi connectivity index (χ3n) is 2.87. The molecule has 0 saturated carbocycles. The van der Waals surface area contributed by atoms with E-state index in [9.17, 15) is 39.7 Å². The lowest BCUT2D eigenvalue weighted by molar-refractivity contribution is -0.393. The normalized spacial score (nSPS) is 10.6. The van der Waals surface area contributed by atoms with E-state index in [-0.39, 0.29) is 0 Å². The molecule has 1 aromatic rings. The number of carbonyl (C=O) groups is 3. The van der Waals surface area contributed by atoms with E-state index in [0.717, 1.165) is 14.2 Å². The smallest absolute Gasteiger partial charge is 0.354 e. The number of aromatic carboxylic acids is 1. The largest absolute Gasteiger partial charge is 0.478 e.